The molecule has 2 fully saturated rings. The highest BCUT2D eigenvalue weighted by molar-refractivity contribution is 5.90. The largest absolute Gasteiger partial charge is 0.345 e. The van der Waals surface area contributed by atoms with Crippen LogP contribution in [-0.4, -0.2) is 72.2 Å². The number of benzene rings is 2. The summed E-state index contributed by atoms with van der Waals surface area (Å²) >= 11 is 0. The van der Waals surface area contributed by atoms with E-state index in [1.54, 1.807) is 11.9 Å². The Hall–Kier alpha value is -3.15. The van der Waals surface area contributed by atoms with Crippen molar-refractivity contribution in [3.8, 4) is 11.1 Å². The van der Waals surface area contributed by atoms with Crippen molar-refractivity contribution in [2.24, 2.45) is 11.8 Å². The SMILES string of the molecule is CCN1CCN(C(=O)[C@@H]2CC(=O)N(C)C2)C[C@@H](Cc2ccccc2-c2ccccc2)C1=O. The van der Waals surface area contributed by atoms with Crippen molar-refractivity contribution >= 4 is 17.7 Å². The fourth-order valence-corrected chi connectivity index (χ4v) is 4.86. The van der Waals surface area contributed by atoms with Gasteiger partial charge in [-0.15, -0.1) is 0 Å². The van der Waals surface area contributed by atoms with E-state index in [9.17, 15) is 14.4 Å². The minimum Gasteiger partial charge on any atom is -0.345 e. The number of likely N-dealkylation sites (tertiary alicyclic amines) is 1. The van der Waals surface area contributed by atoms with Gasteiger partial charge in [-0.05, 0) is 30.0 Å². The molecule has 32 heavy (non-hydrogen) atoms. The standard InChI is InChI=1S/C26H31N3O3/c1-3-28-13-14-29(26(32)22-16-24(30)27(2)17-22)18-21(25(28)31)15-20-11-7-8-12-23(20)19-9-5-4-6-10-19/h4-12,21-22H,3,13-18H2,1-2H3/t21-,22-/m1/s1. The van der Waals surface area contributed by atoms with Gasteiger partial charge in [-0.25, -0.2) is 0 Å². The van der Waals surface area contributed by atoms with Crippen LogP contribution in [0, 0.1) is 11.8 Å². The maximum atomic E-state index is 13.3. The lowest BCUT2D eigenvalue weighted by Gasteiger charge is -2.26. The van der Waals surface area contributed by atoms with Crippen LogP contribution < -0.4 is 0 Å². The van der Waals surface area contributed by atoms with Crippen molar-refractivity contribution in [3.05, 3.63) is 60.2 Å². The fraction of sp³-hybridized carbons (Fsp3) is 0.423. The molecule has 0 spiro atoms. The van der Waals surface area contributed by atoms with Crippen LogP contribution in [0.4, 0.5) is 0 Å². The molecule has 2 atom stereocenters. The molecule has 0 bridgehead atoms. The Labute approximate surface area is 189 Å². The summed E-state index contributed by atoms with van der Waals surface area (Å²) in [5, 5.41) is 0. The van der Waals surface area contributed by atoms with Crippen LogP contribution in [0.5, 0.6) is 0 Å². The first-order valence-corrected chi connectivity index (χ1v) is 11.4. The van der Waals surface area contributed by atoms with Crippen LogP contribution in [-0.2, 0) is 20.8 Å². The molecule has 4 rings (SSSR count). The average Bonchev–Trinajstić information content (AvgIpc) is 3.07. The minimum absolute atomic E-state index is 0.00482. The number of amides is 3. The number of carbonyl (C=O) groups excluding carboxylic acids is 3. The quantitative estimate of drug-likeness (QED) is 0.729. The highest BCUT2D eigenvalue weighted by Crippen LogP contribution is 2.28. The van der Waals surface area contributed by atoms with Gasteiger partial charge in [0.15, 0.2) is 0 Å². The summed E-state index contributed by atoms with van der Waals surface area (Å²) in [5.41, 5.74) is 3.35. The van der Waals surface area contributed by atoms with Gasteiger partial charge in [0, 0.05) is 46.2 Å². The van der Waals surface area contributed by atoms with Crippen molar-refractivity contribution in [2.75, 3.05) is 39.8 Å². The summed E-state index contributed by atoms with van der Waals surface area (Å²) in [7, 11) is 1.74. The Morgan fingerprint density at radius 2 is 1.69 bits per heavy atom. The van der Waals surface area contributed by atoms with E-state index in [1.165, 1.54) is 0 Å². The van der Waals surface area contributed by atoms with Crippen LogP contribution >= 0.6 is 0 Å². The molecule has 3 amide bonds. The second-order valence-corrected chi connectivity index (χ2v) is 8.80. The first-order valence-electron chi connectivity index (χ1n) is 11.4. The zero-order chi connectivity index (χ0) is 22.7. The highest BCUT2D eigenvalue weighted by Gasteiger charge is 2.38. The zero-order valence-corrected chi connectivity index (χ0v) is 18.9. The van der Waals surface area contributed by atoms with E-state index in [0.29, 0.717) is 39.1 Å². The molecule has 2 saturated heterocycles. The topological polar surface area (TPSA) is 60.9 Å². The lowest BCUT2D eigenvalue weighted by atomic mass is 9.91. The molecule has 0 unspecified atom stereocenters. The lowest BCUT2D eigenvalue weighted by molar-refractivity contribution is -0.137. The van der Waals surface area contributed by atoms with E-state index in [0.717, 1.165) is 16.7 Å². The maximum Gasteiger partial charge on any atom is 0.228 e. The molecule has 168 valence electrons. The number of likely N-dealkylation sites (N-methyl/N-ethyl adjacent to an activating group) is 1. The Bertz CT molecular complexity index is 991. The van der Waals surface area contributed by atoms with Crippen LogP contribution in [0.25, 0.3) is 11.1 Å². The van der Waals surface area contributed by atoms with Crippen LogP contribution in [0.15, 0.2) is 54.6 Å². The molecule has 6 heteroatoms. The number of hydrogen-bond donors (Lipinski definition) is 0. The first kappa shape index (κ1) is 22.1. The van der Waals surface area contributed by atoms with Gasteiger partial charge in [0.05, 0.1) is 11.8 Å². The van der Waals surface area contributed by atoms with E-state index in [-0.39, 0.29) is 36.0 Å². The van der Waals surface area contributed by atoms with Gasteiger partial charge in [0.2, 0.25) is 17.7 Å². The summed E-state index contributed by atoms with van der Waals surface area (Å²) in [6, 6.07) is 18.4. The van der Waals surface area contributed by atoms with Gasteiger partial charge in [0.1, 0.15) is 0 Å². The molecule has 2 aromatic rings. The number of rotatable bonds is 5. The summed E-state index contributed by atoms with van der Waals surface area (Å²) < 4.78 is 0. The second-order valence-electron chi connectivity index (χ2n) is 8.80. The van der Waals surface area contributed by atoms with Crippen molar-refractivity contribution in [3.63, 3.8) is 0 Å². The Morgan fingerprint density at radius 1 is 0.969 bits per heavy atom. The van der Waals surface area contributed by atoms with Crippen LogP contribution in [0.2, 0.25) is 0 Å². The smallest absolute Gasteiger partial charge is 0.228 e. The average molecular weight is 434 g/mol. The van der Waals surface area contributed by atoms with Crippen molar-refractivity contribution < 1.29 is 14.4 Å². The number of hydrogen-bond acceptors (Lipinski definition) is 3. The van der Waals surface area contributed by atoms with Crippen molar-refractivity contribution in [2.45, 2.75) is 19.8 Å². The molecular formula is C26H31N3O3. The van der Waals surface area contributed by atoms with E-state index >= 15 is 0 Å². The molecule has 2 aromatic carbocycles. The molecule has 0 N–H and O–H groups in total. The van der Waals surface area contributed by atoms with E-state index < -0.39 is 0 Å². The first-order chi connectivity index (χ1) is 15.5. The van der Waals surface area contributed by atoms with Crippen LogP contribution in [0.1, 0.15) is 18.9 Å². The fourth-order valence-electron chi connectivity index (χ4n) is 4.86. The maximum absolute atomic E-state index is 13.3. The van der Waals surface area contributed by atoms with Gasteiger partial charge in [-0.3, -0.25) is 14.4 Å². The molecular weight excluding hydrogens is 402 g/mol. The molecule has 2 aliphatic heterocycles. The summed E-state index contributed by atoms with van der Waals surface area (Å²) in [6.45, 7) is 4.52. The minimum atomic E-state index is -0.312. The molecule has 6 nitrogen and oxygen atoms in total. The van der Waals surface area contributed by atoms with E-state index in [1.807, 2.05) is 47.1 Å². The predicted octanol–water partition coefficient (Wildman–Crippen LogP) is 2.68. The van der Waals surface area contributed by atoms with Gasteiger partial charge in [0.25, 0.3) is 0 Å². The van der Waals surface area contributed by atoms with Crippen LogP contribution in [0.3, 0.4) is 0 Å². The van der Waals surface area contributed by atoms with Crippen molar-refractivity contribution in [1.29, 1.82) is 0 Å². The van der Waals surface area contributed by atoms with Gasteiger partial charge in [-0.2, -0.15) is 0 Å². The normalized spacial score (nSPS) is 21.8. The Balaban J connectivity index is 1.58. The Morgan fingerprint density at radius 3 is 2.38 bits per heavy atom. The summed E-state index contributed by atoms with van der Waals surface area (Å²) in [4.78, 5) is 43.9. The third-order valence-electron chi connectivity index (χ3n) is 6.69. The molecule has 0 radical (unpaired) electrons. The molecule has 2 heterocycles. The lowest BCUT2D eigenvalue weighted by Crippen LogP contribution is -2.41. The number of carbonyl (C=O) groups is 3. The van der Waals surface area contributed by atoms with Gasteiger partial charge in [-0.1, -0.05) is 54.6 Å². The third-order valence-corrected chi connectivity index (χ3v) is 6.69. The van der Waals surface area contributed by atoms with Gasteiger partial charge >= 0.3 is 0 Å². The van der Waals surface area contributed by atoms with E-state index in [2.05, 4.69) is 24.3 Å². The summed E-state index contributed by atoms with van der Waals surface area (Å²) in [5.74, 6) is -0.507. The molecule has 2 aliphatic rings. The van der Waals surface area contributed by atoms with Gasteiger partial charge < -0.3 is 14.7 Å². The third kappa shape index (κ3) is 4.54. The number of nitrogens with zero attached hydrogens (tertiary/aromatic N) is 3. The highest BCUT2D eigenvalue weighted by atomic mass is 16.2. The Kier molecular flexibility index (Phi) is 6.58. The second kappa shape index (κ2) is 9.55. The molecule has 0 saturated carbocycles. The van der Waals surface area contributed by atoms with E-state index in [4.69, 9.17) is 0 Å². The molecule has 0 aliphatic carbocycles. The summed E-state index contributed by atoms with van der Waals surface area (Å²) in [6.07, 6.45) is 0.840. The zero-order valence-electron chi connectivity index (χ0n) is 18.9. The predicted molar refractivity (Wildman–Crippen MR) is 124 cm³/mol. The van der Waals surface area contributed by atoms with Crippen molar-refractivity contribution in [1.82, 2.24) is 14.7 Å². The molecule has 0 aromatic heterocycles. The monoisotopic (exact) mass is 433 g/mol.